The second-order valence-corrected chi connectivity index (χ2v) is 14.0. The van der Waals surface area contributed by atoms with Crippen molar-refractivity contribution in [3.8, 4) is 0 Å². The average Bonchev–Trinajstić information content (AvgIpc) is 3.12. The van der Waals surface area contributed by atoms with Crippen molar-refractivity contribution in [2.24, 2.45) is 11.8 Å². The summed E-state index contributed by atoms with van der Waals surface area (Å²) in [5.41, 5.74) is 2.20. The van der Waals surface area contributed by atoms with Crippen LogP contribution in [-0.4, -0.2) is 75.2 Å². The number of nitrogens with zero attached hydrogens (tertiary/aromatic N) is 4. The van der Waals surface area contributed by atoms with Crippen molar-refractivity contribution in [1.29, 1.82) is 0 Å². The Morgan fingerprint density at radius 3 is 2.65 bits per heavy atom. The third kappa shape index (κ3) is 5.39. The van der Waals surface area contributed by atoms with Crippen LogP contribution in [0.15, 0.2) is 18.2 Å². The Hall–Kier alpha value is -2.10. The summed E-state index contributed by atoms with van der Waals surface area (Å²) in [5.74, 6) is 2.45. The number of fused-ring (bicyclic) bond motifs is 1. The van der Waals surface area contributed by atoms with Gasteiger partial charge in [-0.15, -0.1) is 0 Å². The SMILES string of the molecule is CS(C)(C)CCOCn1nc(Cc2ccc(N3CC4CC4C3)nc2CO)cc1C(=O)O. The molecule has 8 nitrogen and oxygen atoms in total. The predicted octanol–water partition coefficient (Wildman–Crippen LogP) is 2.18. The van der Waals surface area contributed by atoms with Gasteiger partial charge in [-0.05, 0) is 54.7 Å². The molecular formula is C22H32N4O4S. The number of aromatic carboxylic acids is 1. The summed E-state index contributed by atoms with van der Waals surface area (Å²) in [5, 5.41) is 23.9. The molecule has 1 aliphatic carbocycles. The van der Waals surface area contributed by atoms with E-state index in [2.05, 4.69) is 33.7 Å². The van der Waals surface area contributed by atoms with Gasteiger partial charge in [0.15, 0.2) is 0 Å². The molecular weight excluding hydrogens is 416 g/mol. The number of carboxylic acids is 1. The Balaban J connectivity index is 1.45. The Kier molecular flexibility index (Phi) is 6.27. The first kappa shape index (κ1) is 22.1. The van der Waals surface area contributed by atoms with Crippen molar-refractivity contribution >= 4 is 21.8 Å². The van der Waals surface area contributed by atoms with Gasteiger partial charge in [-0.25, -0.2) is 24.5 Å². The molecule has 2 aromatic rings. The highest BCUT2D eigenvalue weighted by atomic mass is 32.3. The van der Waals surface area contributed by atoms with Gasteiger partial charge in [-0.3, -0.25) is 0 Å². The highest BCUT2D eigenvalue weighted by Crippen LogP contribution is 2.46. The molecule has 3 heterocycles. The zero-order chi connectivity index (χ0) is 22.2. The van der Waals surface area contributed by atoms with Gasteiger partial charge in [-0.2, -0.15) is 5.10 Å². The molecule has 2 N–H and O–H groups in total. The lowest BCUT2D eigenvalue weighted by molar-refractivity contribution is 0.0597. The zero-order valence-electron chi connectivity index (χ0n) is 18.5. The summed E-state index contributed by atoms with van der Waals surface area (Å²) >= 11 is 0. The molecule has 1 saturated heterocycles. The van der Waals surface area contributed by atoms with Crippen LogP contribution in [0.2, 0.25) is 0 Å². The van der Waals surface area contributed by atoms with E-state index in [-0.39, 0.29) is 19.0 Å². The van der Waals surface area contributed by atoms with Crippen LogP contribution in [0, 0.1) is 11.8 Å². The van der Waals surface area contributed by atoms with Gasteiger partial charge in [-0.1, -0.05) is 6.07 Å². The van der Waals surface area contributed by atoms with Crippen LogP contribution < -0.4 is 4.90 Å². The number of pyridine rings is 1. The Bertz CT molecular complexity index is 945. The Labute approximate surface area is 184 Å². The molecule has 0 radical (unpaired) electrons. The molecule has 31 heavy (non-hydrogen) atoms. The minimum absolute atomic E-state index is 0.101. The molecule has 2 unspecified atom stereocenters. The van der Waals surface area contributed by atoms with Crippen LogP contribution in [0.1, 0.15) is 33.9 Å². The lowest BCUT2D eigenvalue weighted by atomic mass is 10.1. The number of aromatic nitrogens is 3. The van der Waals surface area contributed by atoms with Crippen LogP contribution >= 0.6 is 10.0 Å². The maximum Gasteiger partial charge on any atom is 0.354 e. The fourth-order valence-electron chi connectivity index (χ4n) is 4.06. The molecule has 4 rings (SSSR count). The molecule has 170 valence electrons. The summed E-state index contributed by atoms with van der Waals surface area (Å²) < 4.78 is 7.08. The van der Waals surface area contributed by atoms with Crippen LogP contribution in [0.3, 0.4) is 0 Å². The number of ether oxygens (including phenoxy) is 1. The molecule has 0 bridgehead atoms. The fourth-order valence-corrected chi connectivity index (χ4v) is 4.68. The van der Waals surface area contributed by atoms with Crippen molar-refractivity contribution in [2.75, 3.05) is 49.1 Å². The van der Waals surface area contributed by atoms with Gasteiger partial charge in [0.2, 0.25) is 0 Å². The number of piperidine rings is 1. The highest BCUT2D eigenvalue weighted by molar-refractivity contribution is 8.32. The van der Waals surface area contributed by atoms with E-state index in [9.17, 15) is 15.0 Å². The third-order valence-electron chi connectivity index (χ3n) is 5.98. The van der Waals surface area contributed by atoms with Crippen LogP contribution in [0.5, 0.6) is 0 Å². The zero-order valence-corrected chi connectivity index (χ0v) is 19.3. The number of anilines is 1. The smallest absolute Gasteiger partial charge is 0.354 e. The van der Waals surface area contributed by atoms with Crippen molar-refractivity contribution in [2.45, 2.75) is 26.2 Å². The molecule has 0 amide bonds. The average molecular weight is 449 g/mol. The number of aliphatic hydroxyl groups excluding tert-OH is 1. The van der Waals surface area contributed by atoms with Gasteiger partial charge in [0, 0.05) is 25.3 Å². The monoisotopic (exact) mass is 448 g/mol. The van der Waals surface area contributed by atoms with E-state index in [1.165, 1.54) is 11.1 Å². The normalized spacial score (nSPS) is 20.7. The van der Waals surface area contributed by atoms with Crippen molar-refractivity contribution < 1.29 is 19.7 Å². The lowest BCUT2D eigenvalue weighted by Gasteiger charge is -2.24. The van der Waals surface area contributed by atoms with Crippen molar-refractivity contribution in [3.63, 3.8) is 0 Å². The summed E-state index contributed by atoms with van der Waals surface area (Å²) in [6, 6.07) is 5.54. The van der Waals surface area contributed by atoms with E-state index in [4.69, 9.17) is 4.74 Å². The first-order valence-corrected chi connectivity index (χ1v) is 13.6. The maximum atomic E-state index is 11.7. The first-order chi connectivity index (χ1) is 14.7. The molecule has 0 aromatic carbocycles. The molecule has 2 atom stereocenters. The first-order valence-electron chi connectivity index (χ1n) is 10.6. The Morgan fingerprint density at radius 1 is 1.26 bits per heavy atom. The topological polar surface area (TPSA) is 101 Å². The second-order valence-electron chi connectivity index (χ2n) is 9.43. The van der Waals surface area contributed by atoms with Gasteiger partial charge in [0.1, 0.15) is 18.2 Å². The number of carbonyl (C=O) groups is 1. The number of carboxylic acid groups (broad SMARTS) is 1. The van der Waals surface area contributed by atoms with Crippen molar-refractivity contribution in [3.05, 3.63) is 40.8 Å². The van der Waals surface area contributed by atoms with E-state index in [1.54, 1.807) is 6.07 Å². The molecule has 2 aliphatic rings. The van der Waals surface area contributed by atoms with Crippen molar-refractivity contribution in [1.82, 2.24) is 14.8 Å². The summed E-state index contributed by atoms with van der Waals surface area (Å²) in [4.78, 5) is 18.6. The van der Waals surface area contributed by atoms with E-state index in [1.807, 2.05) is 12.1 Å². The van der Waals surface area contributed by atoms with Gasteiger partial charge in [0.05, 0.1) is 24.6 Å². The molecule has 0 spiro atoms. The van der Waals surface area contributed by atoms with E-state index in [0.717, 1.165) is 42.1 Å². The highest BCUT2D eigenvalue weighted by Gasteiger charge is 2.45. The van der Waals surface area contributed by atoms with Crippen LogP contribution in [-0.2, 0) is 24.5 Å². The molecule has 1 aliphatic heterocycles. The van der Waals surface area contributed by atoms with Gasteiger partial charge >= 0.3 is 5.97 Å². The van der Waals surface area contributed by atoms with Crippen LogP contribution in [0.4, 0.5) is 5.82 Å². The molecule has 9 heteroatoms. The number of hydrogen-bond donors (Lipinski definition) is 2. The number of hydrogen-bond acceptors (Lipinski definition) is 6. The lowest BCUT2D eigenvalue weighted by Crippen LogP contribution is -2.23. The predicted molar refractivity (Wildman–Crippen MR) is 122 cm³/mol. The van der Waals surface area contributed by atoms with E-state index < -0.39 is 16.0 Å². The third-order valence-corrected chi connectivity index (χ3v) is 7.37. The number of rotatable bonds is 10. The summed E-state index contributed by atoms with van der Waals surface area (Å²) in [7, 11) is -0.664. The quantitative estimate of drug-likeness (QED) is 0.537. The summed E-state index contributed by atoms with van der Waals surface area (Å²) in [6.07, 6.45) is 8.39. The second kappa shape index (κ2) is 8.80. The van der Waals surface area contributed by atoms with Gasteiger partial charge in [0.25, 0.3) is 0 Å². The summed E-state index contributed by atoms with van der Waals surface area (Å²) in [6.45, 7) is 2.62. The van der Waals surface area contributed by atoms with E-state index >= 15 is 0 Å². The fraction of sp³-hybridized carbons (Fsp3) is 0.591. The van der Waals surface area contributed by atoms with Crippen LogP contribution in [0.25, 0.3) is 0 Å². The molecule has 2 fully saturated rings. The van der Waals surface area contributed by atoms with Gasteiger partial charge < -0.3 is 19.8 Å². The largest absolute Gasteiger partial charge is 0.477 e. The molecule has 1 saturated carbocycles. The minimum atomic E-state index is -1.03. The Morgan fingerprint density at radius 2 is 2.00 bits per heavy atom. The maximum absolute atomic E-state index is 11.7. The standard InChI is InChI=1S/C22H32N4O4S/c1-31(2,3)7-6-30-14-26-20(22(28)29)10-18(24-26)9-15-4-5-21(23-19(15)13-27)25-11-16-8-17(16)12-25/h4-5,10,16-17,27H,6-9,11-14H2,1-3H3,(H,28,29). The van der Waals surface area contributed by atoms with E-state index in [0.29, 0.717) is 24.4 Å². The molecule has 2 aromatic heterocycles. The minimum Gasteiger partial charge on any atom is -0.477 e. The number of aliphatic hydroxyl groups is 1.